The van der Waals surface area contributed by atoms with Crippen molar-refractivity contribution in [2.75, 3.05) is 13.6 Å². The van der Waals surface area contributed by atoms with Gasteiger partial charge in [0.05, 0.1) is 11.7 Å². The smallest absolute Gasteiger partial charge is 0.0687 e. The molecule has 0 bridgehead atoms. The van der Waals surface area contributed by atoms with Crippen LogP contribution in [0.4, 0.5) is 0 Å². The third-order valence-electron chi connectivity index (χ3n) is 5.12. The lowest BCUT2D eigenvalue weighted by molar-refractivity contribution is -0.0410. The fourth-order valence-electron chi connectivity index (χ4n) is 4.07. The monoisotopic (exact) mass is 273 g/mol. The molecule has 110 valence electrons. The molecule has 2 nitrogen and oxygen atoms in total. The van der Waals surface area contributed by atoms with Crippen LogP contribution >= 0.6 is 0 Å². The van der Waals surface area contributed by atoms with Crippen LogP contribution in [0, 0.1) is 0 Å². The zero-order valence-electron chi connectivity index (χ0n) is 12.6. The first-order valence-electron chi connectivity index (χ1n) is 8.19. The SMILES string of the molecule is CNCC(CC1CCC2(CCCC2)O1)c1ccccc1. The molecule has 1 aliphatic heterocycles. The number of nitrogens with one attached hydrogen (secondary N) is 1. The van der Waals surface area contributed by atoms with Crippen molar-refractivity contribution in [2.24, 2.45) is 0 Å². The Bertz CT molecular complexity index is 411. The van der Waals surface area contributed by atoms with E-state index >= 15 is 0 Å². The maximum atomic E-state index is 6.48. The molecule has 1 saturated heterocycles. The number of benzene rings is 1. The van der Waals surface area contributed by atoms with E-state index in [1.165, 1.54) is 44.1 Å². The van der Waals surface area contributed by atoms with Crippen LogP contribution in [0.5, 0.6) is 0 Å². The number of hydrogen-bond acceptors (Lipinski definition) is 2. The van der Waals surface area contributed by atoms with Crippen molar-refractivity contribution in [1.82, 2.24) is 5.32 Å². The molecule has 0 amide bonds. The summed E-state index contributed by atoms with van der Waals surface area (Å²) < 4.78 is 6.48. The summed E-state index contributed by atoms with van der Waals surface area (Å²) in [5, 5.41) is 3.35. The topological polar surface area (TPSA) is 21.3 Å². The summed E-state index contributed by atoms with van der Waals surface area (Å²) in [6, 6.07) is 10.9. The molecule has 20 heavy (non-hydrogen) atoms. The van der Waals surface area contributed by atoms with Gasteiger partial charge >= 0.3 is 0 Å². The Hall–Kier alpha value is -0.860. The van der Waals surface area contributed by atoms with Gasteiger partial charge in [0.15, 0.2) is 0 Å². The fourth-order valence-corrected chi connectivity index (χ4v) is 4.07. The van der Waals surface area contributed by atoms with Crippen LogP contribution in [0.25, 0.3) is 0 Å². The van der Waals surface area contributed by atoms with E-state index in [4.69, 9.17) is 4.74 Å². The lowest BCUT2D eigenvalue weighted by atomic mass is 9.91. The first-order chi connectivity index (χ1) is 9.81. The van der Waals surface area contributed by atoms with Crippen LogP contribution in [-0.2, 0) is 4.74 Å². The molecule has 3 rings (SSSR count). The van der Waals surface area contributed by atoms with Crippen LogP contribution in [0.3, 0.4) is 0 Å². The standard InChI is InChI=1S/C18H27NO/c1-19-14-16(15-7-3-2-4-8-15)13-17-9-12-18(20-17)10-5-6-11-18/h2-4,7-8,16-17,19H,5-6,9-14H2,1H3. The molecule has 1 aromatic rings. The van der Waals surface area contributed by atoms with Crippen LogP contribution in [-0.4, -0.2) is 25.3 Å². The lowest BCUT2D eigenvalue weighted by Crippen LogP contribution is -2.27. The minimum atomic E-state index is 0.269. The van der Waals surface area contributed by atoms with Gasteiger partial charge in [0.2, 0.25) is 0 Å². The fraction of sp³-hybridized carbons (Fsp3) is 0.667. The molecule has 1 N–H and O–H groups in total. The van der Waals surface area contributed by atoms with E-state index in [-0.39, 0.29) is 5.60 Å². The quantitative estimate of drug-likeness (QED) is 0.879. The van der Waals surface area contributed by atoms with Crippen LogP contribution in [0.15, 0.2) is 30.3 Å². The first kappa shape index (κ1) is 14.1. The average Bonchev–Trinajstić information content (AvgIpc) is 3.10. The molecule has 0 aromatic heterocycles. The van der Waals surface area contributed by atoms with Gasteiger partial charge in [-0.25, -0.2) is 0 Å². The van der Waals surface area contributed by atoms with Crippen molar-refractivity contribution in [1.29, 1.82) is 0 Å². The van der Waals surface area contributed by atoms with E-state index in [0.29, 0.717) is 12.0 Å². The number of hydrogen-bond donors (Lipinski definition) is 1. The van der Waals surface area contributed by atoms with Gasteiger partial charge in [0.1, 0.15) is 0 Å². The van der Waals surface area contributed by atoms with Crippen LogP contribution < -0.4 is 5.32 Å². The molecule has 1 aliphatic carbocycles. The van der Waals surface area contributed by atoms with Crippen LogP contribution in [0.1, 0.15) is 56.4 Å². The van der Waals surface area contributed by atoms with Crippen molar-refractivity contribution < 1.29 is 4.74 Å². The highest BCUT2D eigenvalue weighted by Gasteiger charge is 2.42. The minimum Gasteiger partial charge on any atom is -0.372 e. The maximum absolute atomic E-state index is 6.48. The highest BCUT2D eigenvalue weighted by Crippen LogP contribution is 2.45. The second kappa shape index (κ2) is 6.28. The Morgan fingerprint density at radius 3 is 2.65 bits per heavy atom. The zero-order chi connectivity index (χ0) is 13.8. The van der Waals surface area contributed by atoms with Gasteiger partial charge in [-0.05, 0) is 50.6 Å². The van der Waals surface area contributed by atoms with Crippen molar-refractivity contribution in [3.63, 3.8) is 0 Å². The first-order valence-corrected chi connectivity index (χ1v) is 8.19. The minimum absolute atomic E-state index is 0.269. The largest absolute Gasteiger partial charge is 0.372 e. The van der Waals surface area contributed by atoms with Gasteiger partial charge in [-0.15, -0.1) is 0 Å². The van der Waals surface area contributed by atoms with E-state index in [1.54, 1.807) is 0 Å². The molecular weight excluding hydrogens is 246 g/mol. The molecule has 2 atom stereocenters. The van der Waals surface area contributed by atoms with Gasteiger partial charge in [-0.1, -0.05) is 43.2 Å². The molecule has 2 fully saturated rings. The number of likely N-dealkylation sites (N-methyl/N-ethyl adjacent to an activating group) is 1. The van der Waals surface area contributed by atoms with Gasteiger partial charge in [-0.2, -0.15) is 0 Å². The van der Waals surface area contributed by atoms with Gasteiger partial charge < -0.3 is 10.1 Å². The molecule has 0 radical (unpaired) electrons. The number of rotatable bonds is 5. The summed E-state index contributed by atoms with van der Waals surface area (Å²) in [4.78, 5) is 0. The van der Waals surface area contributed by atoms with Gasteiger partial charge in [0.25, 0.3) is 0 Å². The second-order valence-corrected chi connectivity index (χ2v) is 6.57. The Morgan fingerprint density at radius 1 is 1.20 bits per heavy atom. The third kappa shape index (κ3) is 3.07. The highest BCUT2D eigenvalue weighted by molar-refractivity contribution is 5.20. The Kier molecular flexibility index (Phi) is 4.42. The van der Waals surface area contributed by atoms with E-state index in [0.717, 1.165) is 13.0 Å². The lowest BCUT2D eigenvalue weighted by Gasteiger charge is -2.26. The van der Waals surface area contributed by atoms with Gasteiger partial charge in [0, 0.05) is 6.54 Å². The van der Waals surface area contributed by atoms with E-state index in [9.17, 15) is 0 Å². The third-order valence-corrected chi connectivity index (χ3v) is 5.12. The molecule has 2 unspecified atom stereocenters. The molecule has 1 saturated carbocycles. The van der Waals surface area contributed by atoms with E-state index in [2.05, 4.69) is 35.6 Å². The Balaban J connectivity index is 1.63. The zero-order valence-corrected chi connectivity index (χ0v) is 12.6. The van der Waals surface area contributed by atoms with Crippen molar-refractivity contribution in [2.45, 2.75) is 62.6 Å². The normalized spacial score (nSPS) is 26.1. The summed E-state index contributed by atoms with van der Waals surface area (Å²) >= 11 is 0. The molecular formula is C18H27NO. The number of ether oxygens (including phenoxy) is 1. The molecule has 1 aromatic carbocycles. The molecule has 1 spiro atoms. The summed E-state index contributed by atoms with van der Waals surface area (Å²) in [7, 11) is 2.05. The molecule has 2 heteroatoms. The predicted octanol–water partition coefficient (Wildman–Crippen LogP) is 3.87. The van der Waals surface area contributed by atoms with Crippen molar-refractivity contribution in [3.05, 3.63) is 35.9 Å². The Morgan fingerprint density at radius 2 is 1.95 bits per heavy atom. The summed E-state index contributed by atoms with van der Waals surface area (Å²) in [6.07, 6.45) is 9.50. The van der Waals surface area contributed by atoms with Crippen molar-refractivity contribution >= 4 is 0 Å². The highest BCUT2D eigenvalue weighted by atomic mass is 16.5. The van der Waals surface area contributed by atoms with E-state index in [1.807, 2.05) is 7.05 Å². The van der Waals surface area contributed by atoms with E-state index < -0.39 is 0 Å². The van der Waals surface area contributed by atoms with Crippen LogP contribution in [0.2, 0.25) is 0 Å². The average molecular weight is 273 g/mol. The Labute approximate surface area is 122 Å². The predicted molar refractivity (Wildman–Crippen MR) is 83.0 cm³/mol. The maximum Gasteiger partial charge on any atom is 0.0687 e. The summed E-state index contributed by atoms with van der Waals surface area (Å²) in [5.74, 6) is 0.572. The second-order valence-electron chi connectivity index (χ2n) is 6.57. The van der Waals surface area contributed by atoms with Gasteiger partial charge in [-0.3, -0.25) is 0 Å². The molecule has 2 aliphatic rings. The summed E-state index contributed by atoms with van der Waals surface area (Å²) in [6.45, 7) is 1.04. The molecule has 1 heterocycles. The summed E-state index contributed by atoms with van der Waals surface area (Å²) in [5.41, 5.74) is 1.71. The van der Waals surface area contributed by atoms with Crippen molar-refractivity contribution in [3.8, 4) is 0 Å².